The Kier molecular flexibility index (Phi) is 5.79. The summed E-state index contributed by atoms with van der Waals surface area (Å²) in [5, 5.41) is 11.2. The van der Waals surface area contributed by atoms with E-state index in [2.05, 4.69) is 0 Å². The van der Waals surface area contributed by atoms with Crippen molar-refractivity contribution in [2.24, 2.45) is 17.8 Å². The molecule has 3 aliphatic carbocycles. The average Bonchev–Trinajstić information content (AvgIpc) is 3.20. The highest BCUT2D eigenvalue weighted by molar-refractivity contribution is 6.25. The van der Waals surface area contributed by atoms with Gasteiger partial charge in [-0.25, -0.2) is 0 Å². The summed E-state index contributed by atoms with van der Waals surface area (Å²) in [6.07, 6.45) is 3.70. The van der Waals surface area contributed by atoms with Gasteiger partial charge in [0.2, 0.25) is 11.8 Å². The monoisotopic (exact) mass is 525 g/mol. The molecule has 8 heteroatoms. The molecule has 0 radical (unpaired) electrons. The first-order valence-corrected chi connectivity index (χ1v) is 12.8. The quantitative estimate of drug-likeness (QED) is 0.364. The lowest BCUT2D eigenvalue weighted by molar-refractivity contribution is -0.123. The normalized spacial score (nSPS) is 26.1. The Morgan fingerprint density at radius 2 is 1.69 bits per heavy atom. The summed E-state index contributed by atoms with van der Waals surface area (Å²) in [5.74, 6) is -3.27. The second-order valence-corrected chi connectivity index (χ2v) is 10.3. The predicted molar refractivity (Wildman–Crippen MR) is 141 cm³/mol. The molecular formula is C31H27NO7. The second kappa shape index (κ2) is 9.08. The molecule has 2 aromatic rings. The van der Waals surface area contributed by atoms with Crippen molar-refractivity contribution in [1.29, 1.82) is 0 Å². The minimum Gasteiger partial charge on any atom is -0.507 e. The Balaban J connectivity index is 1.54. The lowest BCUT2D eigenvalue weighted by Crippen LogP contribution is -2.40. The van der Waals surface area contributed by atoms with Gasteiger partial charge in [0.15, 0.2) is 11.6 Å². The molecule has 0 aromatic heterocycles. The molecule has 8 nitrogen and oxygen atoms in total. The van der Waals surface area contributed by atoms with Crippen LogP contribution in [0.1, 0.15) is 31.2 Å². The van der Waals surface area contributed by atoms with Gasteiger partial charge in [-0.15, -0.1) is 0 Å². The fourth-order valence-corrected chi connectivity index (χ4v) is 6.71. The van der Waals surface area contributed by atoms with Crippen LogP contribution in [0.15, 0.2) is 76.9 Å². The number of phenols is 1. The summed E-state index contributed by atoms with van der Waals surface area (Å²) in [6.45, 7) is 1.60. The van der Waals surface area contributed by atoms with Crippen molar-refractivity contribution in [1.82, 2.24) is 0 Å². The predicted octanol–water partition coefficient (Wildman–Crippen LogP) is 4.04. The molecule has 1 saturated heterocycles. The highest BCUT2D eigenvalue weighted by Gasteiger charge is 2.57. The van der Waals surface area contributed by atoms with E-state index >= 15 is 0 Å². The Labute approximate surface area is 225 Å². The number of para-hydroxylation sites is 1. The van der Waals surface area contributed by atoms with Gasteiger partial charge in [0.25, 0.3) is 0 Å². The number of allylic oxidation sites excluding steroid dienone is 6. The number of nitrogens with zero attached hydrogens (tertiary/aromatic N) is 1. The fraction of sp³-hybridized carbons (Fsp3) is 0.290. The first kappa shape index (κ1) is 24.9. The summed E-state index contributed by atoms with van der Waals surface area (Å²) in [7, 11) is 2.92. The number of anilines is 1. The molecular weight excluding hydrogens is 498 g/mol. The van der Waals surface area contributed by atoms with Crippen LogP contribution in [0.3, 0.4) is 0 Å². The number of methoxy groups -OCH3 is 2. The van der Waals surface area contributed by atoms with Gasteiger partial charge in [0.05, 0.1) is 31.7 Å². The molecule has 4 aliphatic rings. The summed E-state index contributed by atoms with van der Waals surface area (Å²) in [6, 6.07) is 11.9. The van der Waals surface area contributed by atoms with Gasteiger partial charge in [-0.05, 0) is 43.9 Å². The Bertz CT molecular complexity index is 1550. The van der Waals surface area contributed by atoms with Gasteiger partial charge in [0, 0.05) is 40.3 Å². The number of ketones is 2. The molecule has 0 bridgehead atoms. The number of aromatic hydroxyl groups is 1. The number of ether oxygens (including phenoxy) is 2. The van der Waals surface area contributed by atoms with E-state index < -0.39 is 23.7 Å². The Morgan fingerprint density at radius 3 is 2.38 bits per heavy atom. The van der Waals surface area contributed by atoms with E-state index in [9.17, 15) is 24.3 Å². The maximum atomic E-state index is 13.9. The zero-order chi connectivity index (χ0) is 27.6. The number of imide groups is 1. The van der Waals surface area contributed by atoms with Gasteiger partial charge < -0.3 is 14.6 Å². The minimum atomic E-state index is -0.824. The second-order valence-electron chi connectivity index (χ2n) is 10.3. The molecule has 2 amide bonds. The van der Waals surface area contributed by atoms with Crippen LogP contribution in [0.4, 0.5) is 5.69 Å². The number of rotatable bonds is 4. The molecule has 39 heavy (non-hydrogen) atoms. The number of Topliss-reactive ketones (excluding diaryl/α,β-unsaturated/α-hetero) is 1. The number of carbonyl (C=O) groups excluding carboxylic acids is 4. The number of phenolic OH excluding ortho intramolecular Hbond substituents is 1. The van der Waals surface area contributed by atoms with Crippen molar-refractivity contribution in [2.75, 3.05) is 19.1 Å². The number of fused-ring (bicyclic) bond motifs is 3. The van der Waals surface area contributed by atoms with Gasteiger partial charge in [-0.2, -0.15) is 0 Å². The number of benzene rings is 2. The van der Waals surface area contributed by atoms with Crippen LogP contribution in [-0.4, -0.2) is 42.7 Å². The highest BCUT2D eigenvalue weighted by atomic mass is 16.5. The summed E-state index contributed by atoms with van der Waals surface area (Å²) in [5.41, 5.74) is 2.49. The van der Waals surface area contributed by atoms with Gasteiger partial charge >= 0.3 is 0 Å². The van der Waals surface area contributed by atoms with Crippen LogP contribution >= 0.6 is 0 Å². The van der Waals surface area contributed by atoms with Crippen molar-refractivity contribution in [2.45, 2.75) is 25.7 Å². The van der Waals surface area contributed by atoms with Crippen LogP contribution < -0.4 is 14.4 Å². The molecule has 0 saturated carbocycles. The molecule has 2 aromatic carbocycles. The summed E-state index contributed by atoms with van der Waals surface area (Å²) >= 11 is 0. The van der Waals surface area contributed by atoms with Crippen molar-refractivity contribution in [3.8, 4) is 17.2 Å². The third-order valence-electron chi connectivity index (χ3n) is 8.41. The van der Waals surface area contributed by atoms with E-state index in [1.807, 2.05) is 12.1 Å². The van der Waals surface area contributed by atoms with E-state index in [0.717, 1.165) is 5.57 Å². The van der Waals surface area contributed by atoms with Crippen LogP contribution in [0.2, 0.25) is 0 Å². The van der Waals surface area contributed by atoms with Crippen molar-refractivity contribution in [3.63, 3.8) is 0 Å². The van der Waals surface area contributed by atoms with E-state index in [4.69, 9.17) is 9.47 Å². The van der Waals surface area contributed by atoms with Crippen LogP contribution in [0.5, 0.6) is 17.2 Å². The fourth-order valence-electron chi connectivity index (χ4n) is 6.71. The van der Waals surface area contributed by atoms with E-state index in [-0.39, 0.29) is 41.1 Å². The lowest BCUT2D eigenvalue weighted by Gasteiger charge is -2.42. The zero-order valence-corrected chi connectivity index (χ0v) is 21.8. The van der Waals surface area contributed by atoms with E-state index in [0.29, 0.717) is 40.3 Å². The van der Waals surface area contributed by atoms with Crippen molar-refractivity contribution in [3.05, 3.63) is 82.5 Å². The SMILES string of the molecule is COc1cc(O)c([C@H]2C3=CC[C@@H]4C(=O)N(c5ccccc5)C(=O)[C@@H]4[C@@H]3CC3=C2C(=O)C=C(C)C3=O)c(OC)c1. The van der Waals surface area contributed by atoms with Crippen LogP contribution in [0, 0.1) is 17.8 Å². The Morgan fingerprint density at radius 1 is 0.949 bits per heavy atom. The lowest BCUT2D eigenvalue weighted by atomic mass is 9.59. The molecule has 4 atom stereocenters. The number of amides is 2. The van der Waals surface area contributed by atoms with Gasteiger partial charge in [-0.1, -0.05) is 29.8 Å². The van der Waals surface area contributed by atoms with Gasteiger partial charge in [-0.3, -0.25) is 24.1 Å². The Hall–Kier alpha value is -4.46. The standard InChI is InChI=1S/C31H27NO7/c1-15-11-22(33)26-21(29(15)35)14-20-18(27(26)28-23(34)12-17(38-2)13-24(28)39-3)9-10-19-25(20)31(37)32(30(19)36)16-7-5-4-6-8-16/h4-9,11-13,19-20,25,27,34H,10,14H2,1-3H3/t19-,20+,25-,27-/m0/s1. The molecule has 1 heterocycles. The maximum Gasteiger partial charge on any atom is 0.238 e. The summed E-state index contributed by atoms with van der Waals surface area (Å²) in [4.78, 5) is 55.6. The van der Waals surface area contributed by atoms with E-state index in [1.165, 1.54) is 31.3 Å². The molecule has 1 aliphatic heterocycles. The van der Waals surface area contributed by atoms with Crippen LogP contribution in [0.25, 0.3) is 0 Å². The largest absolute Gasteiger partial charge is 0.507 e. The molecule has 0 spiro atoms. The molecule has 6 rings (SSSR count). The minimum absolute atomic E-state index is 0.155. The van der Waals surface area contributed by atoms with E-state index in [1.54, 1.807) is 37.3 Å². The van der Waals surface area contributed by atoms with Gasteiger partial charge in [0.1, 0.15) is 17.2 Å². The smallest absolute Gasteiger partial charge is 0.238 e. The first-order valence-electron chi connectivity index (χ1n) is 12.8. The van der Waals surface area contributed by atoms with Crippen LogP contribution in [-0.2, 0) is 19.2 Å². The summed E-state index contributed by atoms with van der Waals surface area (Å²) < 4.78 is 10.9. The number of carbonyl (C=O) groups is 4. The number of hydrogen-bond donors (Lipinski definition) is 1. The molecule has 0 unspecified atom stereocenters. The van der Waals surface area contributed by atoms with Crippen molar-refractivity contribution < 1.29 is 33.8 Å². The van der Waals surface area contributed by atoms with Crippen molar-refractivity contribution >= 4 is 29.1 Å². The first-order chi connectivity index (χ1) is 18.8. The third-order valence-corrected chi connectivity index (χ3v) is 8.41. The molecule has 1 fully saturated rings. The average molecular weight is 526 g/mol. The third kappa shape index (κ3) is 3.58. The molecule has 1 N–H and O–H groups in total. The topological polar surface area (TPSA) is 110 Å². The molecule has 198 valence electrons. The highest BCUT2D eigenvalue weighted by Crippen LogP contribution is 2.58. The number of hydrogen-bond acceptors (Lipinski definition) is 7. The zero-order valence-electron chi connectivity index (χ0n) is 21.8. The maximum absolute atomic E-state index is 13.9.